The second kappa shape index (κ2) is 7.42. The minimum atomic E-state index is -3.50. The van der Waals surface area contributed by atoms with Crippen LogP contribution in [-0.2, 0) is 10.0 Å². The molecule has 0 fully saturated rings. The van der Waals surface area contributed by atoms with E-state index in [1.165, 1.54) is 38.4 Å². The van der Waals surface area contributed by atoms with E-state index in [9.17, 15) is 18.3 Å². The molecular formula is C16H26N2O4S. The van der Waals surface area contributed by atoms with E-state index in [2.05, 4.69) is 5.32 Å². The van der Waals surface area contributed by atoms with Crippen LogP contribution in [0.4, 0.5) is 0 Å². The van der Waals surface area contributed by atoms with Gasteiger partial charge in [0.2, 0.25) is 10.0 Å². The average molecular weight is 342 g/mol. The fourth-order valence-corrected chi connectivity index (χ4v) is 2.98. The fraction of sp³-hybridized carbons (Fsp3) is 0.562. The van der Waals surface area contributed by atoms with Gasteiger partial charge in [0.15, 0.2) is 0 Å². The third kappa shape index (κ3) is 5.93. The van der Waals surface area contributed by atoms with Crippen LogP contribution in [-0.4, -0.2) is 50.5 Å². The van der Waals surface area contributed by atoms with Crippen molar-refractivity contribution in [2.75, 3.05) is 20.6 Å². The van der Waals surface area contributed by atoms with Gasteiger partial charge in [0.25, 0.3) is 5.91 Å². The summed E-state index contributed by atoms with van der Waals surface area (Å²) in [5.41, 5.74) is 0.331. The molecular weight excluding hydrogens is 316 g/mol. The van der Waals surface area contributed by atoms with Crippen molar-refractivity contribution in [3.63, 3.8) is 0 Å². The summed E-state index contributed by atoms with van der Waals surface area (Å²) in [6.45, 7) is 6.21. The Morgan fingerprint density at radius 2 is 1.74 bits per heavy atom. The van der Waals surface area contributed by atoms with Crippen molar-refractivity contribution in [1.29, 1.82) is 0 Å². The summed E-state index contributed by atoms with van der Waals surface area (Å²) < 4.78 is 25.0. The number of hydrogen-bond donors (Lipinski definition) is 2. The molecule has 7 heteroatoms. The van der Waals surface area contributed by atoms with E-state index in [1.807, 2.05) is 20.8 Å². The Labute approximate surface area is 138 Å². The maximum absolute atomic E-state index is 12.0. The van der Waals surface area contributed by atoms with E-state index in [0.29, 0.717) is 12.0 Å². The highest BCUT2D eigenvalue weighted by atomic mass is 32.2. The van der Waals surface area contributed by atoms with Gasteiger partial charge < -0.3 is 10.4 Å². The number of aliphatic hydroxyl groups excluding tert-OH is 1. The van der Waals surface area contributed by atoms with Crippen LogP contribution in [0.5, 0.6) is 0 Å². The predicted molar refractivity (Wildman–Crippen MR) is 89.7 cm³/mol. The molecule has 1 amide bonds. The molecule has 23 heavy (non-hydrogen) atoms. The van der Waals surface area contributed by atoms with Crippen molar-refractivity contribution in [2.24, 2.45) is 5.41 Å². The van der Waals surface area contributed by atoms with Crippen molar-refractivity contribution >= 4 is 15.9 Å². The lowest BCUT2D eigenvalue weighted by atomic mass is 9.89. The van der Waals surface area contributed by atoms with Crippen LogP contribution < -0.4 is 5.32 Å². The molecule has 0 spiro atoms. The monoisotopic (exact) mass is 342 g/mol. The number of rotatable bonds is 6. The molecule has 130 valence electrons. The number of aliphatic hydroxyl groups is 1. The summed E-state index contributed by atoms with van der Waals surface area (Å²) >= 11 is 0. The third-order valence-corrected chi connectivity index (χ3v) is 5.07. The first kappa shape index (κ1) is 19.6. The van der Waals surface area contributed by atoms with Crippen LogP contribution in [0.25, 0.3) is 0 Å². The first-order valence-electron chi connectivity index (χ1n) is 7.42. The number of carbonyl (C=O) groups is 1. The van der Waals surface area contributed by atoms with Gasteiger partial charge in [-0.2, -0.15) is 0 Å². The minimum absolute atomic E-state index is 0.0215. The maximum Gasteiger partial charge on any atom is 0.251 e. The van der Waals surface area contributed by atoms with Crippen molar-refractivity contribution in [1.82, 2.24) is 9.62 Å². The maximum atomic E-state index is 12.0. The Kier molecular flexibility index (Phi) is 6.33. The van der Waals surface area contributed by atoms with E-state index < -0.39 is 16.1 Å². The summed E-state index contributed by atoms with van der Waals surface area (Å²) in [6, 6.07) is 5.72. The van der Waals surface area contributed by atoms with E-state index in [-0.39, 0.29) is 22.8 Å². The SMILES string of the molecule is CN(C)S(=O)(=O)c1ccc(C(=O)NC[C@H](O)CC(C)(C)C)cc1. The number of benzene rings is 1. The molecule has 0 aliphatic rings. The first-order valence-corrected chi connectivity index (χ1v) is 8.86. The molecule has 0 bridgehead atoms. The van der Waals surface area contributed by atoms with Crippen LogP contribution in [0.1, 0.15) is 37.6 Å². The van der Waals surface area contributed by atoms with Crippen LogP contribution in [0.2, 0.25) is 0 Å². The Bertz CT molecular complexity index is 631. The van der Waals surface area contributed by atoms with Crippen molar-refractivity contribution in [2.45, 2.75) is 38.2 Å². The zero-order valence-corrected chi connectivity index (χ0v) is 15.1. The fourth-order valence-electron chi connectivity index (χ4n) is 2.08. The van der Waals surface area contributed by atoms with Gasteiger partial charge >= 0.3 is 0 Å². The normalized spacial score (nSPS) is 13.9. The second-order valence-corrected chi connectivity index (χ2v) is 9.09. The quantitative estimate of drug-likeness (QED) is 0.819. The molecule has 0 aliphatic carbocycles. The standard InChI is InChI=1S/C16H26N2O4S/c1-16(2,3)10-13(19)11-17-15(20)12-6-8-14(9-7-12)23(21,22)18(4)5/h6-9,13,19H,10-11H2,1-5H3,(H,17,20)/t13-/m1/s1. The predicted octanol–water partition coefficient (Wildman–Crippen LogP) is 1.46. The smallest absolute Gasteiger partial charge is 0.251 e. The largest absolute Gasteiger partial charge is 0.391 e. The third-order valence-electron chi connectivity index (χ3n) is 3.24. The number of carbonyl (C=O) groups excluding carboxylic acids is 1. The topological polar surface area (TPSA) is 86.7 Å². The van der Waals surface area contributed by atoms with Crippen molar-refractivity contribution < 1.29 is 18.3 Å². The van der Waals surface area contributed by atoms with E-state index in [1.54, 1.807) is 0 Å². The van der Waals surface area contributed by atoms with Crippen LogP contribution in [0.3, 0.4) is 0 Å². The molecule has 6 nitrogen and oxygen atoms in total. The molecule has 0 saturated heterocycles. The molecule has 1 aromatic carbocycles. The molecule has 1 aromatic rings. The van der Waals surface area contributed by atoms with Gasteiger partial charge in [-0.1, -0.05) is 20.8 Å². The van der Waals surface area contributed by atoms with Crippen LogP contribution >= 0.6 is 0 Å². The molecule has 1 atom stereocenters. The minimum Gasteiger partial charge on any atom is -0.391 e. The highest BCUT2D eigenvalue weighted by Gasteiger charge is 2.19. The Morgan fingerprint density at radius 3 is 2.17 bits per heavy atom. The Balaban J connectivity index is 2.69. The zero-order chi connectivity index (χ0) is 17.8. The number of hydrogen-bond acceptors (Lipinski definition) is 4. The first-order chi connectivity index (χ1) is 10.4. The van der Waals surface area contributed by atoms with Gasteiger partial charge in [0.05, 0.1) is 11.0 Å². The molecule has 0 aromatic heterocycles. The molecule has 0 heterocycles. The lowest BCUT2D eigenvalue weighted by molar-refractivity contribution is 0.0868. The van der Waals surface area contributed by atoms with E-state index >= 15 is 0 Å². The molecule has 0 aliphatic heterocycles. The molecule has 1 rings (SSSR count). The van der Waals surface area contributed by atoms with E-state index in [4.69, 9.17) is 0 Å². The number of amides is 1. The van der Waals surface area contributed by atoms with Gasteiger partial charge in [-0.25, -0.2) is 12.7 Å². The van der Waals surface area contributed by atoms with Crippen molar-refractivity contribution in [3.05, 3.63) is 29.8 Å². The van der Waals surface area contributed by atoms with Crippen LogP contribution in [0.15, 0.2) is 29.2 Å². The van der Waals surface area contributed by atoms with Gasteiger partial charge in [-0.15, -0.1) is 0 Å². The second-order valence-electron chi connectivity index (χ2n) is 6.94. The summed E-state index contributed by atoms with van der Waals surface area (Å²) in [5, 5.41) is 12.5. The lowest BCUT2D eigenvalue weighted by Crippen LogP contribution is -2.34. The summed E-state index contributed by atoms with van der Waals surface area (Å²) in [7, 11) is -0.602. The summed E-state index contributed by atoms with van der Waals surface area (Å²) in [6.07, 6.45) is -0.0415. The highest BCUT2D eigenvalue weighted by molar-refractivity contribution is 7.89. The zero-order valence-electron chi connectivity index (χ0n) is 14.3. The Morgan fingerprint density at radius 1 is 1.22 bits per heavy atom. The lowest BCUT2D eigenvalue weighted by Gasteiger charge is -2.22. The average Bonchev–Trinajstić information content (AvgIpc) is 2.43. The molecule has 0 saturated carbocycles. The number of sulfonamides is 1. The van der Waals surface area contributed by atoms with Gasteiger partial charge in [-0.3, -0.25) is 4.79 Å². The summed E-state index contributed by atoms with van der Waals surface area (Å²) in [4.78, 5) is 12.2. The summed E-state index contributed by atoms with van der Waals surface area (Å²) in [5.74, 6) is -0.341. The van der Waals surface area contributed by atoms with Crippen LogP contribution in [0, 0.1) is 5.41 Å². The number of nitrogens with zero attached hydrogens (tertiary/aromatic N) is 1. The van der Waals surface area contributed by atoms with E-state index in [0.717, 1.165) is 4.31 Å². The molecule has 2 N–H and O–H groups in total. The van der Waals surface area contributed by atoms with Crippen molar-refractivity contribution in [3.8, 4) is 0 Å². The van der Waals surface area contributed by atoms with Gasteiger partial charge in [0.1, 0.15) is 0 Å². The Hall–Kier alpha value is -1.44. The molecule has 0 unspecified atom stereocenters. The van der Waals surface area contributed by atoms with Gasteiger partial charge in [-0.05, 0) is 36.1 Å². The van der Waals surface area contributed by atoms with Gasteiger partial charge in [0, 0.05) is 26.2 Å². The molecule has 0 radical (unpaired) electrons. The highest BCUT2D eigenvalue weighted by Crippen LogP contribution is 2.20. The number of nitrogens with one attached hydrogen (secondary N) is 1.